The van der Waals surface area contributed by atoms with E-state index < -0.39 is 21.4 Å². The third kappa shape index (κ3) is 3.31. The lowest BCUT2D eigenvalue weighted by Gasteiger charge is -2.39. The van der Waals surface area contributed by atoms with Gasteiger partial charge in [-0.3, -0.25) is 4.90 Å². The van der Waals surface area contributed by atoms with Gasteiger partial charge in [0.2, 0.25) is 0 Å². The highest BCUT2D eigenvalue weighted by Crippen LogP contribution is 2.39. The number of amidine groups is 1. The van der Waals surface area contributed by atoms with Crippen molar-refractivity contribution in [1.29, 1.82) is 0 Å². The maximum atomic E-state index is 13.6. The molecule has 1 aliphatic rings. The third-order valence-corrected chi connectivity index (χ3v) is 6.91. The summed E-state index contributed by atoms with van der Waals surface area (Å²) in [5.74, 6) is 0. The summed E-state index contributed by atoms with van der Waals surface area (Å²) in [6, 6.07) is 18.4. The van der Waals surface area contributed by atoms with Crippen molar-refractivity contribution in [1.82, 2.24) is 4.90 Å². The average molecular weight is 376 g/mol. The average Bonchev–Trinajstić information content (AvgIpc) is 2.61. The quantitative estimate of drug-likeness (QED) is 0.827. The van der Waals surface area contributed by atoms with Crippen LogP contribution >= 0.6 is 11.8 Å². The summed E-state index contributed by atoms with van der Waals surface area (Å²) >= 11 is 1.34. The second-order valence-electron chi connectivity index (χ2n) is 5.97. The van der Waals surface area contributed by atoms with Gasteiger partial charge >= 0.3 is 0 Å². The highest BCUT2D eigenvalue weighted by atomic mass is 32.2. The van der Waals surface area contributed by atoms with Crippen LogP contribution in [-0.2, 0) is 10.0 Å². The molecule has 2 aromatic rings. The van der Waals surface area contributed by atoms with Crippen LogP contribution in [-0.4, -0.2) is 45.0 Å². The van der Waals surface area contributed by atoms with Crippen molar-refractivity contribution in [2.45, 2.75) is 11.4 Å². The van der Waals surface area contributed by atoms with Crippen LogP contribution in [0.2, 0.25) is 0 Å². The Bertz CT molecular complexity index is 852. The number of benzene rings is 2. The highest BCUT2D eigenvalue weighted by molar-refractivity contribution is 8.15. The molecule has 3 rings (SSSR count). The summed E-state index contributed by atoms with van der Waals surface area (Å²) in [4.78, 5) is 6.62. The van der Waals surface area contributed by atoms with Gasteiger partial charge in [-0.15, -0.1) is 0 Å². The van der Waals surface area contributed by atoms with Gasteiger partial charge in [-0.1, -0.05) is 60.3 Å². The summed E-state index contributed by atoms with van der Waals surface area (Å²) in [5.41, 5.74) is 1.35. The number of anilines is 1. The second kappa shape index (κ2) is 7.19. The van der Waals surface area contributed by atoms with Crippen molar-refractivity contribution in [3.05, 3.63) is 66.2 Å². The van der Waals surface area contributed by atoms with Gasteiger partial charge in [0.05, 0.1) is 5.69 Å². The Balaban J connectivity index is 2.22. The number of aliphatic imine (C=N–C) groups is 1. The number of hydrogen-bond acceptors (Lipinski definition) is 5. The van der Waals surface area contributed by atoms with Crippen LogP contribution in [0.1, 0.15) is 10.8 Å². The minimum absolute atomic E-state index is 0.477. The first kappa shape index (κ1) is 18.0. The van der Waals surface area contributed by atoms with Crippen LogP contribution < -0.4 is 4.31 Å². The Morgan fingerprint density at radius 2 is 1.56 bits per heavy atom. The van der Waals surface area contributed by atoms with Gasteiger partial charge in [-0.05, 0) is 38.0 Å². The smallest absolute Gasteiger partial charge is 0.251 e. The third-order valence-electron chi connectivity index (χ3n) is 4.09. The summed E-state index contributed by atoms with van der Waals surface area (Å²) in [7, 11) is 0.0279. The zero-order valence-corrected chi connectivity index (χ0v) is 16.0. The van der Waals surface area contributed by atoms with Crippen molar-refractivity contribution in [3.63, 3.8) is 0 Å². The number of hydrogen-bond donors (Lipinski definition) is 0. The maximum Gasteiger partial charge on any atom is 0.251 e. The summed E-state index contributed by atoms with van der Waals surface area (Å²) in [6.45, 7) is 0. The molecule has 1 aliphatic heterocycles. The molecule has 0 radical (unpaired) electrons. The highest BCUT2D eigenvalue weighted by Gasteiger charge is 2.46. The Kier molecular flexibility index (Phi) is 5.17. The van der Waals surface area contributed by atoms with Crippen molar-refractivity contribution in [3.8, 4) is 0 Å². The van der Waals surface area contributed by atoms with Crippen molar-refractivity contribution >= 4 is 32.6 Å². The minimum atomic E-state index is -3.69. The molecule has 2 aromatic carbocycles. The summed E-state index contributed by atoms with van der Waals surface area (Å²) < 4.78 is 28.6. The van der Waals surface area contributed by atoms with Crippen LogP contribution in [0.25, 0.3) is 0 Å². The van der Waals surface area contributed by atoms with Gasteiger partial charge in [0, 0.05) is 0 Å². The molecular weight excluding hydrogens is 354 g/mol. The van der Waals surface area contributed by atoms with E-state index in [-0.39, 0.29) is 0 Å². The topological polar surface area (TPSA) is 53.0 Å². The van der Waals surface area contributed by atoms with Gasteiger partial charge in [0.25, 0.3) is 10.0 Å². The lowest BCUT2D eigenvalue weighted by Crippen LogP contribution is -2.50. The normalized spacial score (nSPS) is 22.7. The first-order valence-electron chi connectivity index (χ1n) is 7.89. The van der Waals surface area contributed by atoms with E-state index in [1.54, 1.807) is 12.1 Å². The van der Waals surface area contributed by atoms with E-state index in [1.807, 2.05) is 73.8 Å². The fourth-order valence-corrected chi connectivity index (χ4v) is 5.98. The van der Waals surface area contributed by atoms with Gasteiger partial charge in [0.15, 0.2) is 5.17 Å². The Labute approximate surface area is 153 Å². The van der Waals surface area contributed by atoms with Gasteiger partial charge in [-0.2, -0.15) is 0 Å². The number of nitrogens with zero attached hydrogens (tertiary/aromatic N) is 3. The molecule has 0 saturated carbocycles. The van der Waals surface area contributed by atoms with Crippen molar-refractivity contribution in [2.75, 3.05) is 24.7 Å². The van der Waals surface area contributed by atoms with Crippen molar-refractivity contribution < 1.29 is 8.42 Å². The first-order chi connectivity index (χ1) is 12.0. The fraction of sp³-hybridized carbons (Fsp3) is 0.278. The number of para-hydroxylation sites is 1. The van der Waals surface area contributed by atoms with Crippen LogP contribution in [0.4, 0.5) is 5.69 Å². The van der Waals surface area contributed by atoms with Crippen LogP contribution in [0.3, 0.4) is 0 Å². The minimum Gasteiger partial charge on any atom is -0.287 e. The molecule has 25 heavy (non-hydrogen) atoms. The molecule has 0 saturated heterocycles. The van der Waals surface area contributed by atoms with E-state index in [4.69, 9.17) is 4.99 Å². The standard InChI is InChI=1S/C18H21N3O2S2/c1-20(2)17-16(14-10-6-4-7-11-14)25(22,23)21(18(19-17)24-3)15-12-8-5-9-13-15/h4-13,16-17H,1-3H3. The molecule has 132 valence electrons. The molecule has 0 amide bonds. The zero-order chi connectivity index (χ0) is 18.0. The van der Waals surface area contributed by atoms with Crippen molar-refractivity contribution in [2.24, 2.45) is 4.99 Å². The lowest BCUT2D eigenvalue weighted by atomic mass is 10.1. The molecule has 0 aromatic heterocycles. The zero-order valence-electron chi connectivity index (χ0n) is 14.4. The summed E-state index contributed by atoms with van der Waals surface area (Å²) in [5, 5.41) is -0.281. The van der Waals surface area contributed by atoms with E-state index in [1.165, 1.54) is 16.1 Å². The number of likely N-dealkylation sites (N-methyl/N-ethyl adjacent to an activating group) is 1. The van der Waals surface area contributed by atoms with Gasteiger partial charge in [0.1, 0.15) is 11.4 Å². The van der Waals surface area contributed by atoms with Crippen LogP contribution in [0, 0.1) is 0 Å². The van der Waals surface area contributed by atoms with Gasteiger partial charge in [-0.25, -0.2) is 17.7 Å². The SMILES string of the molecule is CSC1=NC(N(C)C)C(c2ccccc2)S(=O)(=O)N1c1ccccc1. The molecule has 0 fully saturated rings. The molecule has 0 bridgehead atoms. The maximum absolute atomic E-state index is 13.6. The number of rotatable bonds is 3. The monoisotopic (exact) mass is 375 g/mol. The predicted molar refractivity (Wildman–Crippen MR) is 105 cm³/mol. The Hall–Kier alpha value is -1.83. The second-order valence-corrected chi connectivity index (χ2v) is 8.65. The molecule has 0 spiro atoms. The molecule has 1 heterocycles. The molecule has 7 heteroatoms. The molecule has 2 unspecified atom stereocenters. The molecule has 5 nitrogen and oxygen atoms in total. The molecule has 2 atom stereocenters. The fourth-order valence-electron chi connectivity index (χ4n) is 2.94. The predicted octanol–water partition coefficient (Wildman–Crippen LogP) is 3.18. The molecule has 0 aliphatic carbocycles. The van der Waals surface area contributed by atoms with E-state index in [0.717, 1.165) is 5.56 Å². The van der Waals surface area contributed by atoms with E-state index in [0.29, 0.717) is 10.9 Å². The largest absolute Gasteiger partial charge is 0.287 e. The van der Waals surface area contributed by atoms with E-state index in [9.17, 15) is 8.42 Å². The molecular formula is C18H21N3O2S2. The Morgan fingerprint density at radius 1 is 1.00 bits per heavy atom. The number of sulfonamides is 1. The van der Waals surface area contributed by atoms with Gasteiger partial charge < -0.3 is 0 Å². The van der Waals surface area contributed by atoms with E-state index >= 15 is 0 Å². The van der Waals surface area contributed by atoms with Crippen LogP contribution in [0.15, 0.2) is 65.7 Å². The van der Waals surface area contributed by atoms with E-state index in [2.05, 4.69) is 0 Å². The van der Waals surface area contributed by atoms with Crippen LogP contribution in [0.5, 0.6) is 0 Å². The first-order valence-corrected chi connectivity index (χ1v) is 10.6. The molecule has 0 N–H and O–H groups in total. The Morgan fingerprint density at radius 3 is 2.08 bits per heavy atom. The lowest BCUT2D eigenvalue weighted by molar-refractivity contribution is 0.289. The number of thioether (sulfide) groups is 1. The summed E-state index contributed by atoms with van der Waals surface area (Å²) in [6.07, 6.45) is 1.37.